The number of ether oxygens (including phenoxy) is 2. The van der Waals surface area contributed by atoms with Gasteiger partial charge in [0.05, 0.1) is 19.8 Å². The molecule has 0 amide bonds. The molecular formula is C12H17NO3. The van der Waals surface area contributed by atoms with Gasteiger partial charge in [-0.2, -0.15) is 0 Å². The molecule has 1 heterocycles. The number of methoxy groups -OCH3 is 2. The van der Waals surface area contributed by atoms with Crippen LogP contribution >= 0.6 is 0 Å². The molecule has 0 aromatic heterocycles. The van der Waals surface area contributed by atoms with Crippen LogP contribution in [0.15, 0.2) is 12.1 Å². The van der Waals surface area contributed by atoms with Crippen LogP contribution in [0, 0.1) is 0 Å². The Morgan fingerprint density at radius 2 is 1.88 bits per heavy atom. The number of phenolic OH excluding ortho intramolecular Hbond substituents is 1. The summed E-state index contributed by atoms with van der Waals surface area (Å²) in [6.07, 6.45) is 2.22. The number of hydrogen-bond donors (Lipinski definition) is 2. The Morgan fingerprint density at radius 1 is 1.25 bits per heavy atom. The Kier molecular flexibility index (Phi) is 3.19. The lowest BCUT2D eigenvalue weighted by Gasteiger charge is -2.18. The second kappa shape index (κ2) is 4.61. The van der Waals surface area contributed by atoms with Gasteiger partial charge in [-0.15, -0.1) is 0 Å². The van der Waals surface area contributed by atoms with Crippen molar-refractivity contribution >= 4 is 0 Å². The molecule has 1 aromatic carbocycles. The molecule has 0 radical (unpaired) electrons. The second-order valence-corrected chi connectivity index (χ2v) is 3.91. The molecule has 1 aromatic rings. The minimum Gasteiger partial charge on any atom is -0.508 e. The maximum Gasteiger partial charge on any atom is 0.131 e. The van der Waals surface area contributed by atoms with E-state index in [0.717, 1.165) is 24.9 Å². The van der Waals surface area contributed by atoms with Crippen molar-refractivity contribution in [1.29, 1.82) is 0 Å². The Bertz CT molecular complexity index is 348. The van der Waals surface area contributed by atoms with Gasteiger partial charge in [-0.05, 0) is 19.4 Å². The van der Waals surface area contributed by atoms with E-state index in [0.29, 0.717) is 11.5 Å². The summed E-state index contributed by atoms with van der Waals surface area (Å²) in [7, 11) is 3.21. The van der Waals surface area contributed by atoms with E-state index < -0.39 is 0 Å². The fourth-order valence-electron chi connectivity index (χ4n) is 2.20. The van der Waals surface area contributed by atoms with Gasteiger partial charge in [0.1, 0.15) is 17.2 Å². The van der Waals surface area contributed by atoms with Gasteiger partial charge in [0.25, 0.3) is 0 Å². The quantitative estimate of drug-likeness (QED) is 0.821. The highest BCUT2D eigenvalue weighted by Crippen LogP contribution is 2.40. The van der Waals surface area contributed by atoms with Crippen LogP contribution in [0.3, 0.4) is 0 Å². The first kappa shape index (κ1) is 11.1. The summed E-state index contributed by atoms with van der Waals surface area (Å²) in [5, 5.41) is 12.9. The summed E-state index contributed by atoms with van der Waals surface area (Å²) < 4.78 is 10.6. The fraction of sp³-hybridized carbons (Fsp3) is 0.500. The molecule has 0 saturated carbocycles. The van der Waals surface area contributed by atoms with E-state index in [1.807, 2.05) is 0 Å². The van der Waals surface area contributed by atoms with Gasteiger partial charge in [-0.3, -0.25) is 0 Å². The molecule has 2 rings (SSSR count). The average Bonchev–Trinajstić information content (AvgIpc) is 2.80. The van der Waals surface area contributed by atoms with Crippen molar-refractivity contribution in [1.82, 2.24) is 5.32 Å². The van der Waals surface area contributed by atoms with Crippen molar-refractivity contribution in [3.05, 3.63) is 17.7 Å². The molecule has 2 N–H and O–H groups in total. The van der Waals surface area contributed by atoms with Crippen LogP contribution < -0.4 is 14.8 Å². The molecule has 4 heteroatoms. The lowest BCUT2D eigenvalue weighted by molar-refractivity contribution is 0.368. The van der Waals surface area contributed by atoms with E-state index in [9.17, 15) is 5.11 Å². The van der Waals surface area contributed by atoms with Crippen LogP contribution in [-0.2, 0) is 0 Å². The van der Waals surface area contributed by atoms with Gasteiger partial charge in [-0.25, -0.2) is 0 Å². The maximum absolute atomic E-state index is 9.54. The summed E-state index contributed by atoms with van der Waals surface area (Å²) in [4.78, 5) is 0. The number of benzene rings is 1. The van der Waals surface area contributed by atoms with E-state index in [4.69, 9.17) is 9.47 Å². The van der Waals surface area contributed by atoms with Crippen molar-refractivity contribution in [2.45, 2.75) is 18.9 Å². The van der Waals surface area contributed by atoms with Gasteiger partial charge in [0.2, 0.25) is 0 Å². The minimum absolute atomic E-state index is 0.162. The van der Waals surface area contributed by atoms with Crippen molar-refractivity contribution in [3.8, 4) is 17.2 Å². The normalized spacial score (nSPS) is 19.8. The Morgan fingerprint density at radius 3 is 2.31 bits per heavy atom. The molecule has 1 fully saturated rings. The Hall–Kier alpha value is -1.42. The molecule has 0 aliphatic carbocycles. The van der Waals surface area contributed by atoms with E-state index in [2.05, 4.69) is 5.32 Å². The van der Waals surface area contributed by atoms with E-state index in [-0.39, 0.29) is 11.8 Å². The number of nitrogens with one attached hydrogen (secondary N) is 1. The molecule has 1 aliphatic rings. The topological polar surface area (TPSA) is 50.7 Å². The summed E-state index contributed by atoms with van der Waals surface area (Å²) in [5.74, 6) is 1.52. The van der Waals surface area contributed by atoms with Crippen LogP contribution in [-0.4, -0.2) is 25.9 Å². The van der Waals surface area contributed by atoms with E-state index in [1.54, 1.807) is 26.4 Å². The van der Waals surface area contributed by atoms with Gasteiger partial charge in [0, 0.05) is 18.2 Å². The molecule has 1 aliphatic heterocycles. The van der Waals surface area contributed by atoms with Crippen molar-refractivity contribution < 1.29 is 14.6 Å². The lowest BCUT2D eigenvalue weighted by atomic mass is 10.0. The summed E-state index contributed by atoms with van der Waals surface area (Å²) in [6.45, 7) is 1.01. The third-order valence-electron chi connectivity index (χ3n) is 2.94. The predicted octanol–water partition coefficient (Wildman–Crippen LogP) is 1.83. The van der Waals surface area contributed by atoms with Gasteiger partial charge in [-0.1, -0.05) is 0 Å². The molecular weight excluding hydrogens is 206 g/mol. The SMILES string of the molecule is COc1cc(O)cc(OC)c1[C@H]1CCCN1. The second-order valence-electron chi connectivity index (χ2n) is 3.91. The molecule has 0 spiro atoms. The van der Waals surface area contributed by atoms with Gasteiger partial charge < -0.3 is 19.9 Å². The number of rotatable bonds is 3. The summed E-state index contributed by atoms with van der Waals surface area (Å²) >= 11 is 0. The predicted molar refractivity (Wildman–Crippen MR) is 61.2 cm³/mol. The molecule has 88 valence electrons. The first-order valence-electron chi connectivity index (χ1n) is 5.44. The minimum atomic E-state index is 0.162. The van der Waals surface area contributed by atoms with Crippen LogP contribution in [0.5, 0.6) is 17.2 Å². The highest BCUT2D eigenvalue weighted by molar-refractivity contribution is 5.52. The third kappa shape index (κ3) is 1.93. The standard InChI is InChI=1S/C12H17NO3/c1-15-10-6-8(14)7-11(16-2)12(10)9-4-3-5-13-9/h6-7,9,13-14H,3-5H2,1-2H3/t9-/m1/s1. The van der Waals surface area contributed by atoms with E-state index in [1.165, 1.54) is 0 Å². The number of phenols is 1. The largest absolute Gasteiger partial charge is 0.508 e. The van der Waals surface area contributed by atoms with Crippen molar-refractivity contribution in [3.63, 3.8) is 0 Å². The van der Waals surface area contributed by atoms with Crippen LogP contribution in [0.1, 0.15) is 24.4 Å². The third-order valence-corrected chi connectivity index (χ3v) is 2.94. The fourth-order valence-corrected chi connectivity index (χ4v) is 2.20. The molecule has 4 nitrogen and oxygen atoms in total. The Balaban J connectivity index is 2.46. The molecule has 0 bridgehead atoms. The zero-order valence-corrected chi connectivity index (χ0v) is 9.62. The number of aromatic hydroxyl groups is 1. The van der Waals surface area contributed by atoms with Crippen molar-refractivity contribution in [2.75, 3.05) is 20.8 Å². The highest BCUT2D eigenvalue weighted by atomic mass is 16.5. The van der Waals surface area contributed by atoms with Gasteiger partial charge >= 0.3 is 0 Å². The maximum atomic E-state index is 9.54. The van der Waals surface area contributed by atoms with E-state index >= 15 is 0 Å². The first-order valence-corrected chi connectivity index (χ1v) is 5.44. The molecule has 16 heavy (non-hydrogen) atoms. The van der Waals surface area contributed by atoms with Crippen molar-refractivity contribution in [2.24, 2.45) is 0 Å². The zero-order chi connectivity index (χ0) is 11.5. The van der Waals surface area contributed by atoms with Gasteiger partial charge in [0.15, 0.2) is 0 Å². The average molecular weight is 223 g/mol. The van der Waals surface area contributed by atoms with Crippen LogP contribution in [0.25, 0.3) is 0 Å². The monoisotopic (exact) mass is 223 g/mol. The van der Waals surface area contributed by atoms with Crippen LogP contribution in [0.2, 0.25) is 0 Å². The molecule has 1 saturated heterocycles. The highest BCUT2D eigenvalue weighted by Gasteiger charge is 2.24. The summed E-state index contributed by atoms with van der Waals surface area (Å²) in [5.41, 5.74) is 1.00. The number of hydrogen-bond acceptors (Lipinski definition) is 4. The Labute approximate surface area is 95.2 Å². The molecule has 1 atom stereocenters. The zero-order valence-electron chi connectivity index (χ0n) is 9.62. The lowest BCUT2D eigenvalue weighted by Crippen LogP contribution is -2.14. The summed E-state index contributed by atoms with van der Waals surface area (Å²) in [6, 6.07) is 3.50. The molecule has 0 unspecified atom stereocenters. The smallest absolute Gasteiger partial charge is 0.131 e. The first-order chi connectivity index (χ1) is 7.76. The van der Waals surface area contributed by atoms with Crippen LogP contribution in [0.4, 0.5) is 0 Å².